The Morgan fingerprint density at radius 2 is 0.429 bits per heavy atom. The van der Waals surface area contributed by atoms with E-state index in [9.17, 15) is 0 Å². The number of rotatable bonds is 38. The molecule has 8 aromatic rings. The zero-order chi connectivity index (χ0) is 114. The smallest absolute Gasteiger partial charge is 0.126 e. The molecule has 0 N–H and O–H groups in total. The van der Waals surface area contributed by atoms with Gasteiger partial charge in [0.1, 0.15) is 46.0 Å². The summed E-state index contributed by atoms with van der Waals surface area (Å²) < 4.78 is 48.5. The van der Waals surface area contributed by atoms with E-state index >= 15 is 0 Å². The van der Waals surface area contributed by atoms with Crippen molar-refractivity contribution in [2.45, 2.75) is 596 Å². The second-order valence-corrected chi connectivity index (χ2v) is 50.2. The summed E-state index contributed by atoms with van der Waals surface area (Å²) in [5.74, 6) is 13.5. The van der Waals surface area contributed by atoms with Crippen molar-refractivity contribution in [1.29, 1.82) is 0 Å². The monoisotopic (exact) mass is 2030 g/mol. The van der Waals surface area contributed by atoms with Gasteiger partial charge in [0.25, 0.3) is 0 Å². The second kappa shape index (κ2) is 63.6. The fraction of sp³-hybridized carbons (Fsp3) is 0.655. The first kappa shape index (κ1) is 137. The summed E-state index contributed by atoms with van der Waals surface area (Å²) in [4.78, 5) is 0. The standard InChI is InChI=1S/C21H36O.C20H34O.2C18H30O.C17H28O.C16H26O.C15H24O.C14H22O/c1-11-16-12-17(21(9,10)20(6,7)8)13-18(14(2)3)19(16)22-15(4)5;1-9-16-12-17(20(8,10-2)11-3)13-18(14(4)5)19(16)21-15(6)7;2*1-9-14-10-15(18(6,7)8)11-16(12(2)3)17(14)19-13(4)5;1-8-14-9-15(11(2)3)10-16(12(4)5)17(14)18-13(6)7;1-7-13-9-14(8-2)16(17-12(5)6)15(10-13)11(3)4;1-7-13-8-12(6)9-14(10(2)3)15(13)16-11(4)5;1-6-12-8-7-9-13(10(2)3)14(12)15-11(4)5/h12-15H,11H2,1-10H3;12-15H,9-11H2,1-8H3;2*10-13H,9H2,1-8H3;9-13H,8H2,1-7H3;9-12H,7-8H2,1-6H3;8-11H,7H2,1-6H3;7-11H,6H2,1-5H3. The Hall–Kier alpha value is -7.84. The Bertz CT molecular complexity index is 5040. The second-order valence-electron chi connectivity index (χ2n) is 50.2. The van der Waals surface area contributed by atoms with Gasteiger partial charge in [-0.15, -0.1) is 0 Å². The molecule has 0 radical (unpaired) electrons. The van der Waals surface area contributed by atoms with E-state index in [1.165, 1.54) is 141 Å². The van der Waals surface area contributed by atoms with Crippen LogP contribution in [0, 0.1) is 12.3 Å². The fourth-order valence-corrected chi connectivity index (χ4v) is 17.7. The van der Waals surface area contributed by atoms with Crippen LogP contribution < -0.4 is 37.9 Å². The van der Waals surface area contributed by atoms with Crippen LogP contribution in [0.5, 0.6) is 46.0 Å². The minimum Gasteiger partial charge on any atom is -0.490 e. The summed E-state index contributed by atoms with van der Waals surface area (Å²) in [5.41, 5.74) is 32.4. The Balaban J connectivity index is 0.000000842. The van der Waals surface area contributed by atoms with Gasteiger partial charge in [0.2, 0.25) is 0 Å². The third kappa shape index (κ3) is 43.3. The van der Waals surface area contributed by atoms with Gasteiger partial charge in [-0.25, -0.2) is 0 Å². The third-order valence-corrected chi connectivity index (χ3v) is 28.2. The zero-order valence-corrected chi connectivity index (χ0v) is 107. The zero-order valence-electron chi connectivity index (χ0n) is 107. The van der Waals surface area contributed by atoms with Gasteiger partial charge >= 0.3 is 0 Å². The van der Waals surface area contributed by atoms with Crippen LogP contribution in [0.3, 0.4) is 0 Å². The van der Waals surface area contributed by atoms with E-state index in [0.717, 1.165) is 104 Å². The molecule has 8 nitrogen and oxygen atoms in total. The van der Waals surface area contributed by atoms with Crippen molar-refractivity contribution in [3.05, 3.63) is 231 Å². The van der Waals surface area contributed by atoms with E-state index in [1.54, 1.807) is 0 Å². The number of benzene rings is 8. The van der Waals surface area contributed by atoms with Crippen LogP contribution in [-0.2, 0) is 79.4 Å². The van der Waals surface area contributed by atoms with Gasteiger partial charge in [0, 0.05) is 0 Å². The molecule has 0 unspecified atom stereocenters. The highest BCUT2D eigenvalue weighted by atomic mass is 16.5. The summed E-state index contributed by atoms with van der Waals surface area (Å²) >= 11 is 0. The van der Waals surface area contributed by atoms with Crippen molar-refractivity contribution in [1.82, 2.24) is 0 Å². The molecule has 0 bridgehead atoms. The molecule has 834 valence electrons. The lowest BCUT2D eigenvalue weighted by atomic mass is 9.64. The maximum Gasteiger partial charge on any atom is 0.126 e. The van der Waals surface area contributed by atoms with E-state index in [1.807, 2.05) is 0 Å². The summed E-state index contributed by atoms with van der Waals surface area (Å²) in [6.45, 7) is 128. The van der Waals surface area contributed by atoms with Crippen LogP contribution in [0.4, 0.5) is 0 Å². The van der Waals surface area contributed by atoms with Gasteiger partial charge in [-0.05, 0) is 391 Å². The largest absolute Gasteiger partial charge is 0.490 e. The number of para-hydroxylation sites is 1. The minimum absolute atomic E-state index is 0.122. The van der Waals surface area contributed by atoms with E-state index in [4.69, 9.17) is 37.9 Å². The molecule has 8 aromatic carbocycles. The predicted molar refractivity (Wildman–Crippen MR) is 651 cm³/mol. The Morgan fingerprint density at radius 1 is 0.204 bits per heavy atom. The number of hydrogen-bond acceptors (Lipinski definition) is 8. The van der Waals surface area contributed by atoms with Gasteiger partial charge in [0.05, 0.1) is 48.8 Å². The molecule has 0 saturated carbocycles. The molecule has 0 aliphatic carbocycles. The van der Waals surface area contributed by atoms with Crippen molar-refractivity contribution >= 4 is 0 Å². The molecule has 0 fully saturated rings. The van der Waals surface area contributed by atoms with Crippen LogP contribution in [0.15, 0.2) is 103 Å². The van der Waals surface area contributed by atoms with Crippen molar-refractivity contribution < 1.29 is 37.9 Å². The Labute approximate surface area is 910 Å². The molecule has 8 heteroatoms. The van der Waals surface area contributed by atoms with Crippen LogP contribution in [-0.4, -0.2) is 48.8 Å². The molecule has 8 rings (SSSR count). The van der Waals surface area contributed by atoms with Gasteiger partial charge in [-0.2, -0.15) is 0 Å². The van der Waals surface area contributed by atoms with Crippen molar-refractivity contribution in [2.75, 3.05) is 0 Å². The minimum atomic E-state index is 0.122. The van der Waals surface area contributed by atoms with Gasteiger partial charge in [-0.1, -0.05) is 393 Å². The lowest BCUT2D eigenvalue weighted by Crippen LogP contribution is -2.34. The van der Waals surface area contributed by atoms with Crippen molar-refractivity contribution in [2.24, 2.45) is 5.41 Å². The molecule has 0 aliphatic heterocycles. The summed E-state index contributed by atoms with van der Waals surface area (Å²) in [6.07, 6.45) is 13.5. The average molecular weight is 2030 g/mol. The Kier molecular flexibility index (Phi) is 59.3. The van der Waals surface area contributed by atoms with E-state index in [0.29, 0.717) is 53.3 Å². The van der Waals surface area contributed by atoms with Gasteiger partial charge in [-0.3, -0.25) is 0 Å². The molecule has 0 atom stereocenters. The maximum absolute atomic E-state index is 6.18. The molecule has 0 aromatic heterocycles. The molecule has 0 aliphatic rings. The highest BCUT2D eigenvalue weighted by Crippen LogP contribution is 2.48. The average Bonchev–Trinajstić information content (AvgIpc) is 0.764. The molecule has 0 amide bonds. The SMILES string of the molecule is CCc1cc(C(C)(C)C(C)(C)C)cc(C(C)C)c1OC(C)C.CCc1cc(C(C)(C)C)cc(C(C)C)c1OC(C)C.CCc1cc(C(C)(C)C)cc(C(C)C)c1OC(C)C.CCc1cc(C(C)(CC)CC)cc(C(C)C)c1OC(C)C.CCc1cc(C(C)C)cc(C(C)C)c1OC(C)C.CCc1cc(C)cc(C(C)C)c1OC(C)C.CCc1cc(CC)c(OC(C)C)c(C(C)C)c1.CCc1cccc(C(C)C)c1OC(C)C. The van der Waals surface area contributed by atoms with Gasteiger partial charge in [0.15, 0.2) is 0 Å². The van der Waals surface area contributed by atoms with E-state index in [-0.39, 0.29) is 75.9 Å². The summed E-state index contributed by atoms with van der Waals surface area (Å²) in [6, 6.07) is 39.0. The lowest BCUT2D eigenvalue weighted by Gasteiger charge is -2.40. The first-order chi connectivity index (χ1) is 67.9. The summed E-state index contributed by atoms with van der Waals surface area (Å²) in [7, 11) is 0. The molecule has 147 heavy (non-hydrogen) atoms. The lowest BCUT2D eigenvalue weighted by molar-refractivity contribution is 0.222. The predicted octanol–water partition coefficient (Wildman–Crippen LogP) is 42.3. The Morgan fingerprint density at radius 3 is 0.673 bits per heavy atom. The van der Waals surface area contributed by atoms with E-state index < -0.39 is 0 Å². The quantitative estimate of drug-likeness (QED) is 0.0379. The topological polar surface area (TPSA) is 73.8 Å². The highest BCUT2D eigenvalue weighted by molar-refractivity contribution is 5.55. The summed E-state index contributed by atoms with van der Waals surface area (Å²) in [5, 5.41) is 0. The molecular weight excluding hydrogens is 1800 g/mol. The maximum atomic E-state index is 6.18. The van der Waals surface area contributed by atoms with Crippen LogP contribution in [0.2, 0.25) is 0 Å². The first-order valence-corrected chi connectivity index (χ1v) is 58.5. The number of ether oxygens (including phenoxy) is 8. The molecular formula is C139H230O8. The van der Waals surface area contributed by atoms with Gasteiger partial charge < -0.3 is 37.9 Å². The van der Waals surface area contributed by atoms with Crippen LogP contribution >= 0.6 is 0 Å². The fourth-order valence-electron chi connectivity index (χ4n) is 17.7. The number of hydrogen-bond donors (Lipinski definition) is 0. The van der Waals surface area contributed by atoms with Crippen LogP contribution in [0.1, 0.15) is 589 Å². The highest BCUT2D eigenvalue weighted by Gasteiger charge is 2.37. The normalized spacial score (nSPS) is 12.0. The molecule has 0 saturated heterocycles. The van der Waals surface area contributed by atoms with Crippen molar-refractivity contribution in [3.8, 4) is 46.0 Å². The van der Waals surface area contributed by atoms with E-state index in [2.05, 4.69) is 505 Å². The van der Waals surface area contributed by atoms with Crippen LogP contribution in [0.25, 0.3) is 0 Å². The first-order valence-electron chi connectivity index (χ1n) is 58.5. The molecule has 0 spiro atoms. The molecule has 0 heterocycles. The third-order valence-electron chi connectivity index (χ3n) is 28.2. The van der Waals surface area contributed by atoms with Crippen molar-refractivity contribution in [3.63, 3.8) is 0 Å². The number of aryl methyl sites for hydroxylation is 10.